The molecule has 6 nitrogen and oxygen atoms in total. The summed E-state index contributed by atoms with van der Waals surface area (Å²) in [5, 5.41) is 10.2. The Morgan fingerprint density at radius 2 is 1.80 bits per heavy atom. The maximum Gasteiger partial charge on any atom is 0.305 e. The molecule has 0 aliphatic carbocycles. The number of nitrogens with zero attached hydrogens (tertiary/aromatic N) is 2. The van der Waals surface area contributed by atoms with Crippen molar-refractivity contribution in [3.63, 3.8) is 0 Å². The van der Waals surface area contributed by atoms with Crippen LogP contribution in [0.5, 0.6) is 0 Å². The van der Waals surface area contributed by atoms with E-state index in [1.54, 1.807) is 6.07 Å². The lowest BCUT2D eigenvalue weighted by Crippen LogP contribution is -2.48. The summed E-state index contributed by atoms with van der Waals surface area (Å²) in [6.45, 7) is 0.704. The highest BCUT2D eigenvalue weighted by Gasteiger charge is 2.47. The number of carbonyl (C=O) groups is 2. The molecule has 0 aromatic heterocycles. The lowest BCUT2D eigenvalue weighted by atomic mass is 9.81. The molecule has 7 heteroatoms. The Morgan fingerprint density at radius 3 is 2.51 bits per heavy atom. The number of amides is 1. The maximum atomic E-state index is 13.9. The molecule has 2 aliphatic rings. The van der Waals surface area contributed by atoms with Gasteiger partial charge in [0.05, 0.1) is 25.8 Å². The van der Waals surface area contributed by atoms with Crippen LogP contribution in [0.4, 0.5) is 10.1 Å². The molecule has 2 aliphatic heterocycles. The van der Waals surface area contributed by atoms with Gasteiger partial charge in [0.25, 0.3) is 0 Å². The maximum absolute atomic E-state index is 13.9. The fourth-order valence-corrected chi connectivity index (χ4v) is 5.73. The van der Waals surface area contributed by atoms with Gasteiger partial charge in [0, 0.05) is 38.0 Å². The summed E-state index contributed by atoms with van der Waals surface area (Å²) in [6.07, 6.45) is 5.08. The molecule has 1 N–H and O–H groups in total. The van der Waals surface area contributed by atoms with E-state index in [1.807, 2.05) is 30.1 Å². The molecular formula is C28H35FN2O4. The molecule has 2 heterocycles. The number of methoxy groups -OCH3 is 1. The Morgan fingerprint density at radius 1 is 1.06 bits per heavy atom. The molecule has 2 aromatic carbocycles. The standard InChI is InChI=1S/C28H35FN2O4/c1-30-24-13-12-20(19-8-7-9-21(29)16-19)17-23(24)28-22(25(30)18-32)14-15-31(28)26(33)10-5-3-4-6-11-27(34)35-2/h7-9,12-13,16-17,22,25,28,32H,3-6,10-11,14-15,18H2,1-2H3/t22-,25-,28-/m1/s1. The normalized spacial score (nSPS) is 21.0. The minimum absolute atomic E-state index is 0.0327. The van der Waals surface area contributed by atoms with Crippen LogP contribution in [0.2, 0.25) is 0 Å². The molecule has 3 atom stereocenters. The number of esters is 1. The first-order valence-electron chi connectivity index (χ1n) is 12.5. The van der Waals surface area contributed by atoms with Gasteiger partial charge in [-0.05, 0) is 60.2 Å². The van der Waals surface area contributed by atoms with Gasteiger partial charge in [-0.15, -0.1) is 0 Å². The summed E-state index contributed by atoms with van der Waals surface area (Å²) in [5.41, 5.74) is 3.79. The summed E-state index contributed by atoms with van der Waals surface area (Å²) in [7, 11) is 3.39. The first-order valence-corrected chi connectivity index (χ1v) is 12.5. The fourth-order valence-electron chi connectivity index (χ4n) is 5.73. The Hall–Kier alpha value is -2.93. The van der Waals surface area contributed by atoms with E-state index in [2.05, 4.69) is 15.7 Å². The minimum Gasteiger partial charge on any atom is -0.469 e. The summed E-state index contributed by atoms with van der Waals surface area (Å²) in [4.78, 5) is 28.7. The Bertz CT molecular complexity index is 1060. The van der Waals surface area contributed by atoms with Gasteiger partial charge in [0.15, 0.2) is 0 Å². The van der Waals surface area contributed by atoms with Gasteiger partial charge in [0.2, 0.25) is 5.91 Å². The number of carbonyl (C=O) groups excluding carboxylic acids is 2. The second-order valence-electron chi connectivity index (χ2n) is 9.62. The van der Waals surface area contributed by atoms with Crippen molar-refractivity contribution in [1.29, 1.82) is 0 Å². The average Bonchev–Trinajstić information content (AvgIpc) is 3.31. The highest BCUT2D eigenvalue weighted by Crippen LogP contribution is 2.49. The lowest BCUT2D eigenvalue weighted by Gasteiger charge is -2.44. The lowest BCUT2D eigenvalue weighted by molar-refractivity contribution is -0.140. The van der Waals surface area contributed by atoms with Gasteiger partial charge in [-0.3, -0.25) is 9.59 Å². The number of rotatable bonds is 9. The first-order chi connectivity index (χ1) is 16.9. The van der Waals surface area contributed by atoms with Crippen LogP contribution in [-0.4, -0.2) is 55.2 Å². The molecule has 35 heavy (non-hydrogen) atoms. The topological polar surface area (TPSA) is 70.1 Å². The van der Waals surface area contributed by atoms with Gasteiger partial charge in [-0.25, -0.2) is 4.39 Å². The number of fused-ring (bicyclic) bond motifs is 3. The number of ether oxygens (including phenoxy) is 1. The van der Waals surface area contributed by atoms with Crippen LogP contribution in [0.3, 0.4) is 0 Å². The van der Waals surface area contributed by atoms with Crippen LogP contribution < -0.4 is 4.90 Å². The van der Waals surface area contributed by atoms with Crippen molar-refractivity contribution < 1.29 is 23.8 Å². The molecule has 0 bridgehead atoms. The Balaban J connectivity index is 1.51. The van der Waals surface area contributed by atoms with Crippen molar-refractivity contribution >= 4 is 17.6 Å². The first kappa shape index (κ1) is 25.2. The van der Waals surface area contributed by atoms with E-state index in [-0.39, 0.29) is 42.3 Å². The van der Waals surface area contributed by atoms with Crippen LogP contribution in [0.1, 0.15) is 56.6 Å². The zero-order valence-corrected chi connectivity index (χ0v) is 20.6. The van der Waals surface area contributed by atoms with Gasteiger partial charge in [-0.1, -0.05) is 31.0 Å². The number of halogens is 1. The van der Waals surface area contributed by atoms with Crippen molar-refractivity contribution in [2.24, 2.45) is 5.92 Å². The molecule has 1 amide bonds. The third-order valence-electron chi connectivity index (χ3n) is 7.58. The number of likely N-dealkylation sites (tertiary alicyclic amines) is 1. The number of hydrogen-bond acceptors (Lipinski definition) is 5. The Labute approximate surface area is 206 Å². The van der Waals surface area contributed by atoms with E-state index in [9.17, 15) is 19.1 Å². The SMILES string of the molecule is COC(=O)CCCCCCC(=O)N1CC[C@@H]2[C@@H](CO)N(C)c3ccc(-c4cccc(F)c4)cc3[C@@H]21. The van der Waals surface area contributed by atoms with Crippen molar-refractivity contribution in [1.82, 2.24) is 4.90 Å². The second kappa shape index (κ2) is 11.2. The third-order valence-corrected chi connectivity index (χ3v) is 7.58. The van der Waals surface area contributed by atoms with Crippen LogP contribution >= 0.6 is 0 Å². The highest BCUT2D eigenvalue weighted by molar-refractivity contribution is 5.79. The molecule has 2 aromatic rings. The van der Waals surface area contributed by atoms with Gasteiger partial charge >= 0.3 is 5.97 Å². The predicted molar refractivity (Wildman–Crippen MR) is 133 cm³/mol. The summed E-state index contributed by atoms with van der Waals surface area (Å²) in [6, 6.07) is 12.5. The summed E-state index contributed by atoms with van der Waals surface area (Å²) >= 11 is 0. The van der Waals surface area contributed by atoms with Crippen molar-refractivity contribution in [2.75, 3.05) is 32.2 Å². The van der Waals surface area contributed by atoms with Gasteiger partial charge in [-0.2, -0.15) is 0 Å². The van der Waals surface area contributed by atoms with E-state index < -0.39 is 0 Å². The zero-order chi connectivity index (χ0) is 24.9. The van der Waals surface area contributed by atoms with Crippen LogP contribution in [0, 0.1) is 11.7 Å². The third kappa shape index (κ3) is 5.35. The molecule has 1 saturated heterocycles. The minimum atomic E-state index is -0.278. The zero-order valence-electron chi connectivity index (χ0n) is 20.6. The number of unbranched alkanes of at least 4 members (excludes halogenated alkanes) is 3. The number of aliphatic hydroxyl groups excluding tert-OH is 1. The molecule has 1 fully saturated rings. The van der Waals surface area contributed by atoms with Gasteiger partial charge in [0.1, 0.15) is 5.82 Å². The monoisotopic (exact) mass is 482 g/mol. The van der Waals surface area contributed by atoms with Crippen molar-refractivity contribution in [3.05, 3.63) is 53.8 Å². The molecule has 0 saturated carbocycles. The van der Waals surface area contributed by atoms with E-state index in [0.29, 0.717) is 19.4 Å². The largest absolute Gasteiger partial charge is 0.469 e. The number of anilines is 1. The van der Waals surface area contributed by atoms with E-state index in [4.69, 9.17) is 0 Å². The molecule has 0 spiro atoms. The van der Waals surface area contributed by atoms with Crippen molar-refractivity contribution in [3.8, 4) is 11.1 Å². The average molecular weight is 483 g/mol. The second-order valence-corrected chi connectivity index (χ2v) is 9.62. The van der Waals surface area contributed by atoms with E-state index >= 15 is 0 Å². The van der Waals surface area contributed by atoms with Crippen LogP contribution in [0.15, 0.2) is 42.5 Å². The van der Waals surface area contributed by atoms with Crippen molar-refractivity contribution in [2.45, 2.75) is 57.0 Å². The summed E-state index contributed by atoms with van der Waals surface area (Å²) in [5.74, 6) is -0.195. The fraction of sp³-hybridized carbons (Fsp3) is 0.500. The smallest absolute Gasteiger partial charge is 0.305 e. The van der Waals surface area contributed by atoms with E-state index in [0.717, 1.165) is 54.5 Å². The van der Waals surface area contributed by atoms with Gasteiger partial charge < -0.3 is 19.6 Å². The van der Waals surface area contributed by atoms with E-state index in [1.165, 1.54) is 19.2 Å². The van der Waals surface area contributed by atoms with Crippen LogP contribution in [0.25, 0.3) is 11.1 Å². The summed E-state index contributed by atoms with van der Waals surface area (Å²) < 4.78 is 18.5. The number of aliphatic hydroxyl groups is 1. The number of hydrogen-bond donors (Lipinski definition) is 1. The number of benzene rings is 2. The quantitative estimate of drug-likeness (QED) is 0.414. The molecule has 0 radical (unpaired) electrons. The molecule has 0 unspecified atom stereocenters. The molecule has 188 valence electrons. The molecular weight excluding hydrogens is 447 g/mol. The Kier molecular flexibility index (Phi) is 8.06. The number of likely N-dealkylation sites (N-methyl/N-ethyl adjacent to an activating group) is 1. The predicted octanol–water partition coefficient (Wildman–Crippen LogP) is 4.71. The molecule has 4 rings (SSSR count). The highest BCUT2D eigenvalue weighted by atomic mass is 19.1. The van der Waals surface area contributed by atoms with Crippen LogP contribution in [-0.2, 0) is 14.3 Å².